The van der Waals surface area contributed by atoms with Crippen LogP contribution in [0.4, 0.5) is 0 Å². The first-order valence-corrected chi connectivity index (χ1v) is 2.29. The van der Waals surface area contributed by atoms with E-state index in [9.17, 15) is 9.59 Å². The molecule has 0 heterocycles. The molecule has 0 aromatic heterocycles. The SMILES string of the molecule is NC(=O)C=NOCC(=O)O. The van der Waals surface area contributed by atoms with Crippen molar-refractivity contribution in [1.82, 2.24) is 0 Å². The number of aliphatic carboxylic acids is 1. The van der Waals surface area contributed by atoms with Crippen LogP contribution in [-0.4, -0.2) is 29.8 Å². The number of carboxylic acid groups (broad SMARTS) is 1. The number of carboxylic acids is 1. The Balaban J connectivity index is 3.36. The fourth-order valence-corrected chi connectivity index (χ4v) is 0.182. The monoisotopic (exact) mass is 146 g/mol. The van der Waals surface area contributed by atoms with Gasteiger partial charge < -0.3 is 15.7 Å². The van der Waals surface area contributed by atoms with Crippen molar-refractivity contribution in [1.29, 1.82) is 0 Å². The number of rotatable bonds is 4. The molecule has 0 aromatic rings. The lowest BCUT2D eigenvalue weighted by atomic mass is 10.7. The number of oxime groups is 1. The van der Waals surface area contributed by atoms with Crippen LogP contribution in [0.3, 0.4) is 0 Å². The van der Waals surface area contributed by atoms with E-state index in [1.165, 1.54) is 0 Å². The Morgan fingerprint density at radius 3 is 2.70 bits per heavy atom. The lowest BCUT2D eigenvalue weighted by molar-refractivity contribution is -0.142. The van der Waals surface area contributed by atoms with Crippen molar-refractivity contribution < 1.29 is 19.5 Å². The van der Waals surface area contributed by atoms with Gasteiger partial charge in [-0.15, -0.1) is 0 Å². The topological polar surface area (TPSA) is 102 Å². The largest absolute Gasteiger partial charge is 0.479 e. The van der Waals surface area contributed by atoms with Gasteiger partial charge in [0.15, 0.2) is 0 Å². The molecule has 6 heteroatoms. The molecule has 0 aliphatic rings. The maximum absolute atomic E-state index is 9.89. The summed E-state index contributed by atoms with van der Waals surface area (Å²) in [7, 11) is 0. The number of hydrogen-bond acceptors (Lipinski definition) is 4. The van der Waals surface area contributed by atoms with Crippen LogP contribution in [0, 0.1) is 0 Å². The molecule has 0 aliphatic heterocycles. The second-order valence-electron chi connectivity index (χ2n) is 1.30. The summed E-state index contributed by atoms with van der Waals surface area (Å²) in [5.74, 6) is -1.95. The predicted octanol–water partition coefficient (Wildman–Crippen LogP) is -1.44. The van der Waals surface area contributed by atoms with Crippen molar-refractivity contribution in [3.63, 3.8) is 0 Å². The van der Waals surface area contributed by atoms with Gasteiger partial charge in [-0.05, 0) is 0 Å². The minimum Gasteiger partial charge on any atom is -0.479 e. The van der Waals surface area contributed by atoms with Crippen LogP contribution < -0.4 is 5.73 Å². The Kier molecular flexibility index (Phi) is 3.62. The van der Waals surface area contributed by atoms with Gasteiger partial charge >= 0.3 is 5.97 Å². The van der Waals surface area contributed by atoms with E-state index in [1.807, 2.05) is 0 Å². The predicted molar refractivity (Wildman–Crippen MR) is 31.3 cm³/mol. The van der Waals surface area contributed by atoms with Gasteiger partial charge in [0.1, 0.15) is 6.21 Å². The summed E-state index contributed by atoms with van der Waals surface area (Å²) in [6.45, 7) is -0.580. The second kappa shape index (κ2) is 4.30. The fraction of sp³-hybridized carbons (Fsp3) is 0.250. The van der Waals surface area contributed by atoms with E-state index in [1.54, 1.807) is 0 Å². The van der Waals surface area contributed by atoms with Gasteiger partial charge in [-0.2, -0.15) is 0 Å². The molecular weight excluding hydrogens is 140 g/mol. The summed E-state index contributed by atoms with van der Waals surface area (Å²) in [6, 6.07) is 0. The molecule has 0 rings (SSSR count). The van der Waals surface area contributed by atoms with E-state index in [0.717, 1.165) is 0 Å². The number of nitrogens with two attached hydrogens (primary N) is 1. The summed E-state index contributed by atoms with van der Waals surface area (Å²) in [4.78, 5) is 23.7. The van der Waals surface area contributed by atoms with Gasteiger partial charge in [0, 0.05) is 0 Å². The van der Waals surface area contributed by atoms with Crippen LogP contribution in [0.1, 0.15) is 0 Å². The highest BCUT2D eigenvalue weighted by molar-refractivity contribution is 6.25. The average Bonchev–Trinajstić information content (AvgIpc) is 1.79. The van der Waals surface area contributed by atoms with Crippen molar-refractivity contribution in [2.45, 2.75) is 0 Å². The Hall–Kier alpha value is -1.59. The van der Waals surface area contributed by atoms with Crippen LogP contribution in [-0.2, 0) is 14.4 Å². The lowest BCUT2D eigenvalue weighted by Gasteiger charge is -1.89. The first-order valence-electron chi connectivity index (χ1n) is 2.29. The number of primary amides is 1. The number of hydrogen-bond donors (Lipinski definition) is 2. The molecule has 0 saturated carbocycles. The third kappa shape index (κ3) is 6.41. The fourth-order valence-electron chi connectivity index (χ4n) is 0.182. The summed E-state index contributed by atoms with van der Waals surface area (Å²) in [5.41, 5.74) is 4.59. The molecule has 0 aromatic carbocycles. The van der Waals surface area contributed by atoms with Crippen LogP contribution >= 0.6 is 0 Å². The van der Waals surface area contributed by atoms with Gasteiger partial charge in [0.05, 0.1) is 0 Å². The number of nitrogens with zero attached hydrogens (tertiary/aromatic N) is 1. The van der Waals surface area contributed by atoms with Crippen LogP contribution in [0.25, 0.3) is 0 Å². The third-order valence-electron chi connectivity index (χ3n) is 0.443. The van der Waals surface area contributed by atoms with E-state index >= 15 is 0 Å². The van der Waals surface area contributed by atoms with Gasteiger partial charge in [-0.1, -0.05) is 5.16 Å². The quantitative estimate of drug-likeness (QED) is 0.374. The summed E-state index contributed by atoms with van der Waals surface area (Å²) < 4.78 is 0. The van der Waals surface area contributed by atoms with E-state index in [2.05, 4.69) is 15.7 Å². The van der Waals surface area contributed by atoms with E-state index in [-0.39, 0.29) is 0 Å². The zero-order chi connectivity index (χ0) is 7.98. The first-order chi connectivity index (χ1) is 4.63. The molecule has 0 atom stereocenters. The Bertz CT molecular complexity index is 165. The smallest absolute Gasteiger partial charge is 0.344 e. The highest BCUT2D eigenvalue weighted by Crippen LogP contribution is 1.72. The molecule has 0 unspecified atom stereocenters. The van der Waals surface area contributed by atoms with Crippen molar-refractivity contribution in [2.75, 3.05) is 6.61 Å². The van der Waals surface area contributed by atoms with Crippen LogP contribution in [0.15, 0.2) is 5.16 Å². The molecule has 0 spiro atoms. The molecule has 0 bridgehead atoms. The molecule has 3 N–H and O–H groups in total. The summed E-state index contributed by atoms with van der Waals surface area (Å²) >= 11 is 0. The van der Waals surface area contributed by atoms with Gasteiger partial charge in [-0.25, -0.2) is 4.79 Å². The van der Waals surface area contributed by atoms with Crippen LogP contribution in [0.5, 0.6) is 0 Å². The maximum Gasteiger partial charge on any atom is 0.344 e. The van der Waals surface area contributed by atoms with Crippen molar-refractivity contribution in [3.8, 4) is 0 Å². The molecular formula is C4H6N2O4. The average molecular weight is 146 g/mol. The minimum atomic E-state index is -1.17. The van der Waals surface area contributed by atoms with E-state index in [0.29, 0.717) is 6.21 Å². The molecule has 0 saturated heterocycles. The minimum absolute atomic E-state index is 0.580. The number of carbonyl (C=O) groups is 2. The Morgan fingerprint density at radius 1 is 1.70 bits per heavy atom. The van der Waals surface area contributed by atoms with Gasteiger partial charge in [-0.3, -0.25) is 4.79 Å². The summed E-state index contributed by atoms with van der Waals surface area (Å²) in [6.07, 6.45) is 0.683. The Labute approximate surface area is 56.3 Å². The molecule has 56 valence electrons. The molecule has 1 amide bonds. The lowest BCUT2D eigenvalue weighted by Crippen LogP contribution is -2.12. The molecule has 0 radical (unpaired) electrons. The normalized spacial score (nSPS) is 9.60. The Morgan fingerprint density at radius 2 is 2.30 bits per heavy atom. The van der Waals surface area contributed by atoms with E-state index < -0.39 is 18.5 Å². The van der Waals surface area contributed by atoms with Crippen molar-refractivity contribution in [3.05, 3.63) is 0 Å². The molecule has 10 heavy (non-hydrogen) atoms. The molecule has 6 nitrogen and oxygen atoms in total. The maximum atomic E-state index is 9.89. The zero-order valence-electron chi connectivity index (χ0n) is 4.98. The van der Waals surface area contributed by atoms with Crippen molar-refractivity contribution >= 4 is 18.1 Å². The highest BCUT2D eigenvalue weighted by atomic mass is 16.6. The van der Waals surface area contributed by atoms with Crippen molar-refractivity contribution in [2.24, 2.45) is 10.9 Å². The van der Waals surface area contributed by atoms with Crippen LogP contribution in [0.2, 0.25) is 0 Å². The van der Waals surface area contributed by atoms with E-state index in [4.69, 9.17) is 5.11 Å². The zero-order valence-corrected chi connectivity index (χ0v) is 4.98. The van der Waals surface area contributed by atoms with Gasteiger partial charge in [0.2, 0.25) is 6.61 Å². The number of carbonyl (C=O) groups excluding carboxylic acids is 1. The first kappa shape index (κ1) is 8.41. The third-order valence-corrected chi connectivity index (χ3v) is 0.443. The number of amides is 1. The summed E-state index contributed by atoms with van der Waals surface area (Å²) in [5, 5.41) is 10.9. The second-order valence-corrected chi connectivity index (χ2v) is 1.30. The van der Waals surface area contributed by atoms with Gasteiger partial charge in [0.25, 0.3) is 5.91 Å². The highest BCUT2D eigenvalue weighted by Gasteiger charge is 1.93. The standard InChI is InChI=1S/C4H6N2O4/c5-3(7)1-6-10-2-4(8)9/h1H,2H2,(H2,5,7)(H,8,9). The molecule has 0 aliphatic carbocycles. The molecule has 0 fully saturated rings.